The third kappa shape index (κ3) is 3.20. The zero-order valence-corrected chi connectivity index (χ0v) is 15.0. The molecule has 4 aromatic rings. The van der Waals surface area contributed by atoms with Crippen molar-refractivity contribution < 1.29 is 0 Å². The van der Waals surface area contributed by atoms with Gasteiger partial charge in [-0.05, 0) is 29.5 Å². The summed E-state index contributed by atoms with van der Waals surface area (Å²) in [6, 6.07) is 11.4. The zero-order valence-electron chi connectivity index (χ0n) is 13.4. The Hall–Kier alpha value is -2.52. The molecule has 0 saturated heterocycles. The number of hydrogen-bond donors (Lipinski definition) is 0. The van der Waals surface area contributed by atoms with E-state index in [1.807, 2.05) is 42.6 Å². The number of hydrogen-bond acceptors (Lipinski definition) is 7. The van der Waals surface area contributed by atoms with E-state index in [9.17, 15) is 4.79 Å². The first-order valence-corrected chi connectivity index (χ1v) is 9.63. The Balaban J connectivity index is 1.49. The number of thioether (sulfide) groups is 1. The van der Waals surface area contributed by atoms with E-state index in [1.165, 1.54) is 11.3 Å². The van der Waals surface area contributed by atoms with E-state index < -0.39 is 0 Å². The summed E-state index contributed by atoms with van der Waals surface area (Å²) in [5.41, 5.74) is 2.58. The number of aromatic nitrogens is 6. The highest BCUT2D eigenvalue weighted by molar-refractivity contribution is 7.97. The molecule has 25 heavy (non-hydrogen) atoms. The van der Waals surface area contributed by atoms with Crippen LogP contribution in [0.15, 0.2) is 46.6 Å². The maximum Gasteiger partial charge on any atom is 0.258 e. The number of nitrogens with zero attached hydrogens (tertiary/aromatic N) is 6. The first-order valence-electron chi connectivity index (χ1n) is 7.59. The van der Waals surface area contributed by atoms with Crippen molar-refractivity contribution >= 4 is 28.1 Å². The van der Waals surface area contributed by atoms with Crippen LogP contribution in [0.5, 0.6) is 0 Å². The number of rotatable bonds is 5. The fourth-order valence-electron chi connectivity index (χ4n) is 2.49. The van der Waals surface area contributed by atoms with Crippen LogP contribution in [0.1, 0.15) is 17.2 Å². The molecule has 0 saturated carbocycles. The zero-order chi connectivity index (χ0) is 17.2. The molecule has 3 heterocycles. The monoisotopic (exact) mass is 370 g/mol. The van der Waals surface area contributed by atoms with Crippen LogP contribution in [-0.2, 0) is 11.5 Å². The largest absolute Gasteiger partial charge is 0.269 e. The van der Waals surface area contributed by atoms with Gasteiger partial charge in [0.15, 0.2) is 10.8 Å². The minimum absolute atomic E-state index is 0.0338. The van der Waals surface area contributed by atoms with Crippen molar-refractivity contribution in [3.05, 3.63) is 69.3 Å². The Kier molecular flexibility index (Phi) is 4.33. The van der Waals surface area contributed by atoms with Crippen LogP contribution in [0, 0.1) is 6.92 Å². The normalized spacial score (nSPS) is 11.2. The number of para-hydroxylation sites is 1. The standard InChI is InChI=1S/C16H14N6OS2/c1-11-8-25-16-17-12(7-15(23)21(11)16)9-24-10-14-18-19-20-22(14)13-5-3-2-4-6-13/h2-8H,9-10H2,1H3. The van der Waals surface area contributed by atoms with Gasteiger partial charge in [0, 0.05) is 22.9 Å². The van der Waals surface area contributed by atoms with Gasteiger partial charge in [-0.25, -0.2) is 4.98 Å². The third-order valence-electron chi connectivity index (χ3n) is 3.64. The van der Waals surface area contributed by atoms with E-state index in [0.717, 1.165) is 27.9 Å². The molecule has 0 radical (unpaired) electrons. The highest BCUT2D eigenvalue weighted by Gasteiger charge is 2.10. The highest BCUT2D eigenvalue weighted by Crippen LogP contribution is 2.18. The lowest BCUT2D eigenvalue weighted by molar-refractivity contribution is 0.777. The quantitative estimate of drug-likeness (QED) is 0.537. The fourth-order valence-corrected chi connectivity index (χ4v) is 4.20. The summed E-state index contributed by atoms with van der Waals surface area (Å²) in [7, 11) is 0. The molecule has 0 fully saturated rings. The maximum atomic E-state index is 12.2. The van der Waals surface area contributed by atoms with Crippen LogP contribution >= 0.6 is 23.1 Å². The van der Waals surface area contributed by atoms with Crippen LogP contribution in [0.4, 0.5) is 0 Å². The summed E-state index contributed by atoms with van der Waals surface area (Å²) in [5.74, 6) is 2.03. The van der Waals surface area contributed by atoms with Gasteiger partial charge in [-0.15, -0.1) is 28.2 Å². The molecule has 0 bridgehead atoms. The predicted octanol–water partition coefficient (Wildman–Crippen LogP) is 2.47. The lowest BCUT2D eigenvalue weighted by Gasteiger charge is -2.04. The van der Waals surface area contributed by atoms with Crippen molar-refractivity contribution in [1.82, 2.24) is 29.6 Å². The summed E-state index contributed by atoms with van der Waals surface area (Å²) >= 11 is 3.11. The van der Waals surface area contributed by atoms with Crippen LogP contribution in [-0.4, -0.2) is 29.6 Å². The second-order valence-electron chi connectivity index (χ2n) is 5.42. The molecule has 0 aliphatic carbocycles. The summed E-state index contributed by atoms with van der Waals surface area (Å²) in [5, 5.41) is 13.8. The third-order valence-corrected chi connectivity index (χ3v) is 5.55. The molecule has 9 heteroatoms. The summed E-state index contributed by atoms with van der Waals surface area (Å²) in [6.45, 7) is 1.91. The molecule has 126 valence electrons. The highest BCUT2D eigenvalue weighted by atomic mass is 32.2. The minimum atomic E-state index is -0.0338. The van der Waals surface area contributed by atoms with Crippen LogP contribution in [0.25, 0.3) is 10.6 Å². The Morgan fingerprint density at radius 2 is 2.04 bits per heavy atom. The summed E-state index contributed by atoms with van der Waals surface area (Å²) in [4.78, 5) is 17.5. The Morgan fingerprint density at radius 3 is 2.88 bits per heavy atom. The fraction of sp³-hybridized carbons (Fsp3) is 0.188. The van der Waals surface area contributed by atoms with E-state index in [-0.39, 0.29) is 5.56 Å². The topological polar surface area (TPSA) is 78.0 Å². The predicted molar refractivity (Wildman–Crippen MR) is 98.2 cm³/mol. The second-order valence-corrected chi connectivity index (χ2v) is 7.24. The summed E-state index contributed by atoms with van der Waals surface area (Å²) in [6.07, 6.45) is 0. The van der Waals surface area contributed by atoms with Crippen molar-refractivity contribution in [3.63, 3.8) is 0 Å². The average molecular weight is 370 g/mol. The van der Waals surface area contributed by atoms with E-state index in [0.29, 0.717) is 11.5 Å². The molecule has 1 aromatic carbocycles. The Morgan fingerprint density at radius 1 is 1.20 bits per heavy atom. The minimum Gasteiger partial charge on any atom is -0.269 e. The van der Waals surface area contributed by atoms with Crippen LogP contribution in [0.2, 0.25) is 0 Å². The molecule has 4 rings (SSSR count). The number of fused-ring (bicyclic) bond motifs is 1. The van der Waals surface area contributed by atoms with Gasteiger partial charge in [0.2, 0.25) is 0 Å². The van der Waals surface area contributed by atoms with Crippen LogP contribution in [0.3, 0.4) is 0 Å². The first kappa shape index (κ1) is 16.0. The van der Waals surface area contributed by atoms with E-state index in [2.05, 4.69) is 20.5 Å². The molecule has 0 unspecified atom stereocenters. The second kappa shape index (κ2) is 6.77. The molecule has 0 amide bonds. The van der Waals surface area contributed by atoms with Gasteiger partial charge >= 0.3 is 0 Å². The molecule has 3 aromatic heterocycles. The Labute approximate surface area is 151 Å². The number of tetrazole rings is 1. The van der Waals surface area contributed by atoms with E-state index in [1.54, 1.807) is 26.9 Å². The van der Waals surface area contributed by atoms with Gasteiger partial charge in [-0.1, -0.05) is 18.2 Å². The van der Waals surface area contributed by atoms with Gasteiger partial charge in [0.1, 0.15) is 0 Å². The van der Waals surface area contributed by atoms with Crippen molar-refractivity contribution in [2.75, 3.05) is 0 Å². The van der Waals surface area contributed by atoms with Crippen LogP contribution < -0.4 is 5.56 Å². The van der Waals surface area contributed by atoms with E-state index in [4.69, 9.17) is 0 Å². The molecule has 0 spiro atoms. The van der Waals surface area contributed by atoms with Gasteiger partial charge in [0.05, 0.1) is 17.1 Å². The van der Waals surface area contributed by atoms with Crippen molar-refractivity contribution in [1.29, 1.82) is 0 Å². The molecule has 0 N–H and O–H groups in total. The average Bonchev–Trinajstić information content (AvgIpc) is 3.23. The number of aryl methyl sites for hydroxylation is 1. The molecular formula is C16H14N6OS2. The van der Waals surface area contributed by atoms with Crippen molar-refractivity contribution in [3.8, 4) is 5.69 Å². The van der Waals surface area contributed by atoms with E-state index >= 15 is 0 Å². The first-order chi connectivity index (χ1) is 12.2. The molecule has 7 nitrogen and oxygen atoms in total. The van der Waals surface area contributed by atoms with Crippen molar-refractivity contribution in [2.24, 2.45) is 0 Å². The van der Waals surface area contributed by atoms with Gasteiger partial charge in [-0.2, -0.15) is 4.68 Å². The molecular weight excluding hydrogens is 356 g/mol. The maximum absolute atomic E-state index is 12.2. The van der Waals surface area contributed by atoms with Crippen molar-refractivity contribution in [2.45, 2.75) is 18.4 Å². The summed E-state index contributed by atoms with van der Waals surface area (Å²) < 4.78 is 3.36. The molecule has 0 aliphatic heterocycles. The number of thiazole rings is 1. The van der Waals surface area contributed by atoms with Gasteiger partial charge < -0.3 is 0 Å². The molecule has 0 aliphatic rings. The van der Waals surface area contributed by atoms with Gasteiger partial charge in [0.25, 0.3) is 5.56 Å². The Bertz CT molecular complexity index is 1070. The van der Waals surface area contributed by atoms with Gasteiger partial charge in [-0.3, -0.25) is 9.20 Å². The molecule has 0 atom stereocenters. The number of benzene rings is 1. The lowest BCUT2D eigenvalue weighted by atomic mass is 10.3. The SMILES string of the molecule is Cc1csc2nc(CSCc3nnnn3-c3ccccc3)cc(=O)n12. The lowest BCUT2D eigenvalue weighted by Crippen LogP contribution is -2.14. The smallest absolute Gasteiger partial charge is 0.258 e.